The third-order valence-electron chi connectivity index (χ3n) is 4.41. The minimum atomic E-state index is -0.787. The number of ketones is 1. The SMILES string of the molecule is CN1C(C)(C)CC(=O)C(OC(=O)c2ccccn2)C1(C)C. The Kier molecular flexibility index (Phi) is 3.89. The predicted octanol–water partition coefficient (Wildman–Crippen LogP) is 2.07. The third kappa shape index (κ3) is 2.83. The fourth-order valence-electron chi connectivity index (χ4n) is 2.85. The van der Waals surface area contributed by atoms with Crippen molar-refractivity contribution in [3.63, 3.8) is 0 Å². The van der Waals surface area contributed by atoms with Gasteiger partial charge in [-0.15, -0.1) is 0 Å². The fourth-order valence-corrected chi connectivity index (χ4v) is 2.85. The smallest absolute Gasteiger partial charge is 0.357 e. The van der Waals surface area contributed by atoms with Gasteiger partial charge < -0.3 is 4.74 Å². The lowest BCUT2D eigenvalue weighted by Gasteiger charge is -2.52. The Balaban J connectivity index is 2.23. The molecule has 1 aromatic rings. The first-order valence-electron chi connectivity index (χ1n) is 7.05. The lowest BCUT2D eigenvalue weighted by molar-refractivity contribution is -0.152. The van der Waals surface area contributed by atoms with Crippen LogP contribution in [0, 0.1) is 0 Å². The fraction of sp³-hybridized carbons (Fsp3) is 0.562. The number of piperidine rings is 1. The van der Waals surface area contributed by atoms with Gasteiger partial charge >= 0.3 is 5.97 Å². The van der Waals surface area contributed by atoms with Gasteiger partial charge in [-0.05, 0) is 46.9 Å². The van der Waals surface area contributed by atoms with Crippen LogP contribution in [-0.4, -0.2) is 45.9 Å². The van der Waals surface area contributed by atoms with Crippen molar-refractivity contribution in [2.24, 2.45) is 0 Å². The van der Waals surface area contributed by atoms with E-state index < -0.39 is 17.6 Å². The molecule has 2 rings (SSSR count). The molecule has 0 amide bonds. The summed E-state index contributed by atoms with van der Waals surface area (Å²) >= 11 is 0. The summed E-state index contributed by atoms with van der Waals surface area (Å²) < 4.78 is 5.48. The van der Waals surface area contributed by atoms with Gasteiger partial charge in [0.1, 0.15) is 5.69 Å². The van der Waals surface area contributed by atoms with Crippen molar-refractivity contribution in [1.82, 2.24) is 9.88 Å². The van der Waals surface area contributed by atoms with Gasteiger partial charge in [-0.25, -0.2) is 9.78 Å². The number of ether oxygens (including phenoxy) is 1. The molecule has 1 fully saturated rings. The summed E-state index contributed by atoms with van der Waals surface area (Å²) in [5.74, 6) is -0.609. The molecule has 0 spiro atoms. The molecule has 1 saturated heterocycles. The lowest BCUT2D eigenvalue weighted by atomic mass is 9.77. The van der Waals surface area contributed by atoms with E-state index in [1.165, 1.54) is 6.20 Å². The first-order valence-corrected chi connectivity index (χ1v) is 7.05. The van der Waals surface area contributed by atoms with Gasteiger partial charge in [0.2, 0.25) is 0 Å². The first kappa shape index (κ1) is 15.6. The van der Waals surface area contributed by atoms with Gasteiger partial charge in [0.15, 0.2) is 11.9 Å². The maximum Gasteiger partial charge on any atom is 0.357 e. The molecule has 1 atom stereocenters. The Morgan fingerprint density at radius 3 is 2.57 bits per heavy atom. The molecule has 0 saturated carbocycles. The minimum Gasteiger partial charge on any atom is -0.448 e. The largest absolute Gasteiger partial charge is 0.448 e. The molecule has 5 nitrogen and oxygen atoms in total. The van der Waals surface area contributed by atoms with Crippen LogP contribution in [0.15, 0.2) is 24.4 Å². The van der Waals surface area contributed by atoms with Gasteiger partial charge in [-0.1, -0.05) is 6.07 Å². The molecule has 114 valence electrons. The third-order valence-corrected chi connectivity index (χ3v) is 4.41. The number of nitrogens with zero attached hydrogens (tertiary/aromatic N) is 2. The van der Waals surface area contributed by atoms with Crippen molar-refractivity contribution in [3.8, 4) is 0 Å². The second-order valence-electron chi connectivity index (χ2n) is 6.67. The summed E-state index contributed by atoms with van der Waals surface area (Å²) in [6.07, 6.45) is 1.09. The molecule has 0 bridgehead atoms. The molecule has 1 unspecified atom stereocenters. The van der Waals surface area contributed by atoms with Crippen molar-refractivity contribution < 1.29 is 14.3 Å². The zero-order valence-electron chi connectivity index (χ0n) is 13.2. The Labute approximate surface area is 125 Å². The highest BCUT2D eigenvalue weighted by molar-refractivity contribution is 5.93. The van der Waals surface area contributed by atoms with Gasteiger partial charge in [0.25, 0.3) is 0 Å². The van der Waals surface area contributed by atoms with Gasteiger partial charge in [0.05, 0.1) is 5.54 Å². The molecule has 21 heavy (non-hydrogen) atoms. The van der Waals surface area contributed by atoms with Crippen molar-refractivity contribution in [3.05, 3.63) is 30.1 Å². The van der Waals surface area contributed by atoms with Crippen molar-refractivity contribution in [2.45, 2.75) is 51.3 Å². The molecular weight excluding hydrogens is 268 g/mol. The van der Waals surface area contributed by atoms with E-state index in [0.29, 0.717) is 6.42 Å². The van der Waals surface area contributed by atoms with Crippen LogP contribution in [0.3, 0.4) is 0 Å². The first-order chi connectivity index (χ1) is 9.66. The van der Waals surface area contributed by atoms with Crippen molar-refractivity contribution in [2.75, 3.05) is 7.05 Å². The number of hydrogen-bond donors (Lipinski definition) is 0. The number of esters is 1. The predicted molar refractivity (Wildman–Crippen MR) is 79.0 cm³/mol. The number of carbonyl (C=O) groups excluding carboxylic acids is 2. The highest BCUT2D eigenvalue weighted by atomic mass is 16.5. The molecular formula is C16H22N2O3. The van der Waals surface area contributed by atoms with E-state index in [-0.39, 0.29) is 17.0 Å². The van der Waals surface area contributed by atoms with E-state index in [1.807, 2.05) is 34.7 Å². The number of likely N-dealkylation sites (tertiary alicyclic amines) is 1. The van der Waals surface area contributed by atoms with Gasteiger partial charge in [-0.2, -0.15) is 0 Å². The Morgan fingerprint density at radius 2 is 2.00 bits per heavy atom. The molecule has 2 heterocycles. The summed E-state index contributed by atoms with van der Waals surface area (Å²) in [5, 5.41) is 0. The molecule has 1 aromatic heterocycles. The monoisotopic (exact) mass is 290 g/mol. The number of rotatable bonds is 2. The maximum absolute atomic E-state index is 12.4. The number of aromatic nitrogens is 1. The van der Waals surface area contributed by atoms with Crippen LogP contribution in [0.25, 0.3) is 0 Å². The number of likely N-dealkylation sites (N-methyl/N-ethyl adjacent to an activating group) is 1. The van der Waals surface area contributed by atoms with Crippen molar-refractivity contribution in [1.29, 1.82) is 0 Å². The zero-order chi connectivity index (χ0) is 15.8. The summed E-state index contributed by atoms with van der Waals surface area (Å²) in [6, 6.07) is 5.02. The summed E-state index contributed by atoms with van der Waals surface area (Å²) in [6.45, 7) is 7.87. The number of hydrogen-bond acceptors (Lipinski definition) is 5. The Morgan fingerprint density at radius 1 is 1.33 bits per heavy atom. The number of carbonyl (C=O) groups is 2. The molecule has 1 aliphatic heterocycles. The normalized spacial score (nSPS) is 24.6. The Bertz CT molecular complexity index is 552. The van der Waals surface area contributed by atoms with E-state index in [1.54, 1.807) is 18.2 Å². The van der Waals surface area contributed by atoms with E-state index in [4.69, 9.17) is 4.74 Å². The average molecular weight is 290 g/mol. The van der Waals surface area contributed by atoms with Gasteiger partial charge in [-0.3, -0.25) is 9.69 Å². The minimum absolute atomic E-state index is 0.0487. The zero-order valence-corrected chi connectivity index (χ0v) is 13.2. The topological polar surface area (TPSA) is 59.5 Å². The van der Waals surface area contributed by atoms with Crippen LogP contribution in [0.2, 0.25) is 0 Å². The molecule has 1 aliphatic rings. The standard InChI is InChI=1S/C16H22N2O3/c1-15(2)10-12(19)13(16(3,4)18(15)5)21-14(20)11-8-6-7-9-17-11/h6-9,13H,10H2,1-5H3. The molecule has 0 aliphatic carbocycles. The average Bonchev–Trinajstić information content (AvgIpc) is 2.42. The second kappa shape index (κ2) is 5.22. The van der Waals surface area contributed by atoms with E-state index in [0.717, 1.165) is 0 Å². The molecule has 5 heteroatoms. The van der Waals surface area contributed by atoms with Crippen LogP contribution in [0.5, 0.6) is 0 Å². The van der Waals surface area contributed by atoms with E-state index >= 15 is 0 Å². The van der Waals surface area contributed by atoms with Crippen LogP contribution in [0.4, 0.5) is 0 Å². The lowest BCUT2D eigenvalue weighted by Crippen LogP contribution is -2.67. The summed E-state index contributed by atoms with van der Waals surface area (Å²) in [7, 11) is 1.95. The van der Waals surface area contributed by atoms with Crippen LogP contribution < -0.4 is 0 Å². The Hall–Kier alpha value is -1.75. The summed E-state index contributed by atoms with van der Waals surface area (Å²) in [4.78, 5) is 30.6. The molecule has 0 radical (unpaired) electrons. The number of pyridine rings is 1. The van der Waals surface area contributed by atoms with Crippen LogP contribution in [-0.2, 0) is 9.53 Å². The van der Waals surface area contributed by atoms with Crippen LogP contribution in [0.1, 0.15) is 44.6 Å². The highest BCUT2D eigenvalue weighted by Gasteiger charge is 2.51. The summed E-state index contributed by atoms with van der Waals surface area (Å²) in [5.41, 5.74) is -0.605. The van der Waals surface area contributed by atoms with E-state index in [2.05, 4.69) is 9.88 Å². The highest BCUT2D eigenvalue weighted by Crippen LogP contribution is 2.36. The second-order valence-corrected chi connectivity index (χ2v) is 6.67. The maximum atomic E-state index is 12.4. The molecule has 0 aromatic carbocycles. The molecule has 0 N–H and O–H groups in total. The van der Waals surface area contributed by atoms with Gasteiger partial charge in [0, 0.05) is 18.2 Å². The number of Topliss-reactive ketones (excluding diaryl/α,β-unsaturated/α-hetero) is 1. The van der Waals surface area contributed by atoms with Crippen LogP contribution >= 0.6 is 0 Å². The van der Waals surface area contributed by atoms with Crippen molar-refractivity contribution >= 4 is 11.8 Å². The van der Waals surface area contributed by atoms with E-state index in [9.17, 15) is 9.59 Å². The quantitative estimate of drug-likeness (QED) is 0.780.